The van der Waals surface area contributed by atoms with Gasteiger partial charge in [0.25, 0.3) is 0 Å². The second kappa shape index (κ2) is 5.60. The fourth-order valence-corrected chi connectivity index (χ4v) is 1.76. The monoisotopic (exact) mass is 243 g/mol. The number of benzene rings is 1. The van der Waals surface area contributed by atoms with E-state index in [4.69, 9.17) is 10.5 Å². The largest absolute Gasteiger partial charge is 0.492 e. The molecule has 0 atom stereocenters. The zero-order chi connectivity index (χ0) is 13.0. The van der Waals surface area contributed by atoms with Crippen molar-refractivity contribution in [3.8, 4) is 17.1 Å². The predicted octanol–water partition coefficient (Wildman–Crippen LogP) is 2.10. The molecule has 0 amide bonds. The quantitative estimate of drug-likeness (QED) is 0.893. The molecule has 0 bridgehead atoms. The number of nitrogens with zero attached hydrogens (tertiary/aromatic N) is 2. The van der Waals surface area contributed by atoms with Crippen molar-refractivity contribution in [2.45, 2.75) is 13.8 Å². The maximum Gasteiger partial charge on any atom is 0.159 e. The van der Waals surface area contributed by atoms with E-state index in [0.717, 1.165) is 28.5 Å². The molecule has 1 heterocycles. The van der Waals surface area contributed by atoms with Crippen LogP contribution in [-0.4, -0.2) is 23.1 Å². The summed E-state index contributed by atoms with van der Waals surface area (Å²) in [5, 5.41) is 0. The molecule has 4 heteroatoms. The Labute approximate surface area is 107 Å². The van der Waals surface area contributed by atoms with Gasteiger partial charge in [-0.1, -0.05) is 12.1 Å². The highest BCUT2D eigenvalue weighted by molar-refractivity contribution is 5.57. The van der Waals surface area contributed by atoms with E-state index in [-0.39, 0.29) is 0 Å². The summed E-state index contributed by atoms with van der Waals surface area (Å²) in [6.07, 6.45) is 0. The SMILES string of the molecule is Cc1cc(C)nc(-c2cccc(OCCN)c2)n1. The highest BCUT2D eigenvalue weighted by Gasteiger charge is 2.04. The predicted molar refractivity (Wildman–Crippen MR) is 71.5 cm³/mol. The summed E-state index contributed by atoms with van der Waals surface area (Å²) in [4.78, 5) is 8.87. The average Bonchev–Trinajstić information content (AvgIpc) is 2.35. The second-order valence-corrected chi connectivity index (χ2v) is 4.14. The number of hydrogen-bond donors (Lipinski definition) is 1. The lowest BCUT2D eigenvalue weighted by molar-refractivity contribution is 0.328. The molecule has 2 N–H and O–H groups in total. The molecule has 0 saturated carbocycles. The zero-order valence-electron chi connectivity index (χ0n) is 10.7. The molecule has 4 nitrogen and oxygen atoms in total. The summed E-state index contributed by atoms with van der Waals surface area (Å²) >= 11 is 0. The van der Waals surface area contributed by atoms with Crippen molar-refractivity contribution in [1.29, 1.82) is 0 Å². The summed E-state index contributed by atoms with van der Waals surface area (Å²) in [5.41, 5.74) is 8.30. The minimum Gasteiger partial charge on any atom is -0.492 e. The minimum atomic E-state index is 0.504. The number of ether oxygens (including phenoxy) is 1. The number of rotatable bonds is 4. The number of nitrogens with two attached hydrogens (primary N) is 1. The van der Waals surface area contributed by atoms with Crippen LogP contribution in [0.25, 0.3) is 11.4 Å². The molecule has 2 aromatic rings. The Morgan fingerprint density at radius 3 is 2.50 bits per heavy atom. The summed E-state index contributed by atoms with van der Waals surface area (Å²) in [6, 6.07) is 9.70. The van der Waals surface area contributed by atoms with Crippen molar-refractivity contribution >= 4 is 0 Å². The number of hydrogen-bond acceptors (Lipinski definition) is 4. The zero-order valence-corrected chi connectivity index (χ0v) is 10.7. The molecule has 0 spiro atoms. The fraction of sp³-hybridized carbons (Fsp3) is 0.286. The second-order valence-electron chi connectivity index (χ2n) is 4.14. The molecule has 0 aliphatic heterocycles. The Bertz CT molecular complexity index is 520. The lowest BCUT2D eigenvalue weighted by Gasteiger charge is -2.07. The van der Waals surface area contributed by atoms with E-state index >= 15 is 0 Å². The molecule has 1 aromatic carbocycles. The Balaban J connectivity index is 2.32. The van der Waals surface area contributed by atoms with Crippen LogP contribution < -0.4 is 10.5 Å². The van der Waals surface area contributed by atoms with Crippen LogP contribution in [0.3, 0.4) is 0 Å². The van der Waals surface area contributed by atoms with Crippen LogP contribution in [0.2, 0.25) is 0 Å². The van der Waals surface area contributed by atoms with Crippen molar-refractivity contribution in [3.63, 3.8) is 0 Å². The molecule has 0 aliphatic carbocycles. The fourth-order valence-electron chi connectivity index (χ4n) is 1.76. The minimum absolute atomic E-state index is 0.504. The third-order valence-electron chi connectivity index (χ3n) is 2.46. The van der Waals surface area contributed by atoms with Gasteiger partial charge in [-0.3, -0.25) is 0 Å². The van der Waals surface area contributed by atoms with E-state index in [1.165, 1.54) is 0 Å². The van der Waals surface area contributed by atoms with Crippen LogP contribution >= 0.6 is 0 Å². The van der Waals surface area contributed by atoms with Crippen LogP contribution in [0.1, 0.15) is 11.4 Å². The van der Waals surface area contributed by atoms with Crippen molar-refractivity contribution < 1.29 is 4.74 Å². The summed E-state index contributed by atoms with van der Waals surface area (Å²) < 4.78 is 5.50. The van der Waals surface area contributed by atoms with E-state index in [0.29, 0.717) is 13.2 Å². The van der Waals surface area contributed by atoms with Gasteiger partial charge in [-0.05, 0) is 32.0 Å². The normalized spacial score (nSPS) is 10.4. The van der Waals surface area contributed by atoms with E-state index in [1.54, 1.807) is 0 Å². The van der Waals surface area contributed by atoms with Crippen LogP contribution in [0, 0.1) is 13.8 Å². The topological polar surface area (TPSA) is 61.0 Å². The lowest BCUT2D eigenvalue weighted by atomic mass is 10.2. The van der Waals surface area contributed by atoms with Crippen molar-refractivity contribution in [3.05, 3.63) is 41.7 Å². The Morgan fingerprint density at radius 2 is 1.83 bits per heavy atom. The van der Waals surface area contributed by atoms with Crippen molar-refractivity contribution in [2.75, 3.05) is 13.2 Å². The molecule has 18 heavy (non-hydrogen) atoms. The van der Waals surface area contributed by atoms with Crippen LogP contribution in [0.15, 0.2) is 30.3 Å². The maximum absolute atomic E-state index is 5.50. The van der Waals surface area contributed by atoms with Gasteiger partial charge in [0.15, 0.2) is 5.82 Å². The third kappa shape index (κ3) is 3.05. The van der Waals surface area contributed by atoms with Crippen LogP contribution in [0.5, 0.6) is 5.75 Å². The maximum atomic E-state index is 5.50. The first kappa shape index (κ1) is 12.5. The number of aryl methyl sites for hydroxylation is 2. The molecule has 0 radical (unpaired) electrons. The van der Waals surface area contributed by atoms with Gasteiger partial charge in [-0.15, -0.1) is 0 Å². The lowest BCUT2D eigenvalue weighted by Crippen LogP contribution is -2.10. The molecular weight excluding hydrogens is 226 g/mol. The van der Waals surface area contributed by atoms with Gasteiger partial charge < -0.3 is 10.5 Å². The molecule has 0 aliphatic rings. The van der Waals surface area contributed by atoms with Gasteiger partial charge in [-0.2, -0.15) is 0 Å². The molecule has 0 fully saturated rings. The van der Waals surface area contributed by atoms with Gasteiger partial charge in [0.2, 0.25) is 0 Å². The molecule has 1 aromatic heterocycles. The van der Waals surface area contributed by atoms with E-state index in [2.05, 4.69) is 9.97 Å². The van der Waals surface area contributed by atoms with Gasteiger partial charge in [-0.25, -0.2) is 9.97 Å². The summed E-state index contributed by atoms with van der Waals surface area (Å²) in [5.74, 6) is 1.52. The Morgan fingerprint density at radius 1 is 1.11 bits per heavy atom. The van der Waals surface area contributed by atoms with Crippen LogP contribution in [-0.2, 0) is 0 Å². The first-order valence-electron chi connectivity index (χ1n) is 5.94. The number of aromatic nitrogens is 2. The van der Waals surface area contributed by atoms with Gasteiger partial charge in [0.05, 0.1) is 0 Å². The molecule has 94 valence electrons. The van der Waals surface area contributed by atoms with E-state index in [9.17, 15) is 0 Å². The smallest absolute Gasteiger partial charge is 0.159 e. The van der Waals surface area contributed by atoms with Gasteiger partial charge >= 0.3 is 0 Å². The summed E-state index contributed by atoms with van der Waals surface area (Å²) in [6.45, 7) is 4.95. The molecular formula is C14H17N3O. The Kier molecular flexibility index (Phi) is 3.89. The van der Waals surface area contributed by atoms with Crippen molar-refractivity contribution in [2.24, 2.45) is 5.73 Å². The molecule has 0 unspecified atom stereocenters. The molecule has 0 saturated heterocycles. The summed E-state index contributed by atoms with van der Waals surface area (Å²) in [7, 11) is 0. The van der Waals surface area contributed by atoms with Crippen molar-refractivity contribution in [1.82, 2.24) is 9.97 Å². The van der Waals surface area contributed by atoms with Gasteiger partial charge in [0.1, 0.15) is 12.4 Å². The van der Waals surface area contributed by atoms with E-state index in [1.807, 2.05) is 44.2 Å². The Hall–Kier alpha value is -1.94. The third-order valence-corrected chi connectivity index (χ3v) is 2.46. The molecule has 2 rings (SSSR count). The highest BCUT2D eigenvalue weighted by Crippen LogP contribution is 2.21. The van der Waals surface area contributed by atoms with Gasteiger partial charge in [0, 0.05) is 23.5 Å². The highest BCUT2D eigenvalue weighted by atomic mass is 16.5. The first-order valence-corrected chi connectivity index (χ1v) is 5.94. The standard InChI is InChI=1S/C14H17N3O/c1-10-8-11(2)17-14(16-10)12-4-3-5-13(9-12)18-7-6-15/h3-5,8-9H,6-7,15H2,1-2H3. The first-order chi connectivity index (χ1) is 8.69. The van der Waals surface area contributed by atoms with Crippen LogP contribution in [0.4, 0.5) is 0 Å². The van der Waals surface area contributed by atoms with E-state index < -0.39 is 0 Å². The average molecular weight is 243 g/mol.